The second-order valence-electron chi connectivity index (χ2n) is 5.29. The Morgan fingerprint density at radius 1 is 1.35 bits per heavy atom. The van der Waals surface area contributed by atoms with Gasteiger partial charge in [0.05, 0.1) is 5.69 Å². The highest BCUT2D eigenvalue weighted by molar-refractivity contribution is 9.10. The van der Waals surface area contributed by atoms with Crippen LogP contribution in [0.5, 0.6) is 0 Å². The molecule has 3 rings (SSSR count). The van der Waals surface area contributed by atoms with E-state index in [1.807, 2.05) is 0 Å². The fourth-order valence-corrected chi connectivity index (χ4v) is 4.32. The molecule has 0 bridgehead atoms. The Hall–Kier alpha value is -0.270. The highest BCUT2D eigenvalue weighted by Crippen LogP contribution is 2.22. The summed E-state index contributed by atoms with van der Waals surface area (Å²) in [6.07, 6.45) is 2.66. The number of rotatable bonds is 7. The van der Waals surface area contributed by atoms with Gasteiger partial charge in [0.1, 0.15) is 5.01 Å². The average molecular weight is 372 g/mol. The minimum atomic E-state index is 0.752. The first kappa shape index (κ1) is 14.7. The van der Waals surface area contributed by atoms with Gasteiger partial charge in [0, 0.05) is 45.8 Å². The number of aromatic nitrogens is 1. The Morgan fingerprint density at radius 2 is 2.20 bits per heavy atom. The lowest BCUT2D eigenvalue weighted by Crippen LogP contribution is -2.17. The molecule has 1 N–H and O–H groups in total. The number of nitrogens with zero attached hydrogens (tertiary/aromatic N) is 2. The van der Waals surface area contributed by atoms with Crippen molar-refractivity contribution in [2.24, 2.45) is 0 Å². The normalized spacial score (nSPS) is 15.2. The summed E-state index contributed by atoms with van der Waals surface area (Å²) in [4.78, 5) is 8.40. The van der Waals surface area contributed by atoms with Crippen LogP contribution >= 0.6 is 38.6 Å². The summed E-state index contributed by atoms with van der Waals surface area (Å²) in [5.41, 5.74) is 1.18. The molecule has 1 fully saturated rings. The molecule has 108 valence electrons. The molecule has 0 spiro atoms. The van der Waals surface area contributed by atoms with Crippen LogP contribution in [0.4, 0.5) is 0 Å². The largest absolute Gasteiger partial charge is 0.308 e. The van der Waals surface area contributed by atoms with Crippen LogP contribution in [0.3, 0.4) is 0 Å². The third-order valence-corrected chi connectivity index (χ3v) is 5.78. The van der Waals surface area contributed by atoms with E-state index in [4.69, 9.17) is 4.98 Å². The van der Waals surface area contributed by atoms with Gasteiger partial charge >= 0.3 is 0 Å². The Bertz CT molecular complexity index is 562. The van der Waals surface area contributed by atoms with Crippen molar-refractivity contribution in [1.82, 2.24) is 15.2 Å². The molecule has 0 radical (unpaired) electrons. The van der Waals surface area contributed by atoms with Crippen LogP contribution < -0.4 is 5.32 Å². The first-order valence-corrected chi connectivity index (χ1v) is 9.32. The smallest absolute Gasteiger partial charge is 0.107 e. The zero-order valence-corrected chi connectivity index (χ0v) is 14.7. The number of thiazole rings is 1. The monoisotopic (exact) mass is 371 g/mol. The Kier molecular flexibility index (Phi) is 4.88. The topological polar surface area (TPSA) is 28.2 Å². The van der Waals surface area contributed by atoms with Crippen molar-refractivity contribution in [3.63, 3.8) is 0 Å². The summed E-state index contributed by atoms with van der Waals surface area (Å²) in [6, 6.07) is 2.94. The van der Waals surface area contributed by atoms with E-state index in [-0.39, 0.29) is 0 Å². The van der Waals surface area contributed by atoms with Gasteiger partial charge in [0.2, 0.25) is 0 Å². The van der Waals surface area contributed by atoms with E-state index in [1.54, 1.807) is 22.7 Å². The molecule has 2 aromatic rings. The molecule has 2 aromatic heterocycles. The molecule has 3 nitrogen and oxygen atoms in total. The summed E-state index contributed by atoms with van der Waals surface area (Å²) in [6.45, 7) is 2.82. The van der Waals surface area contributed by atoms with E-state index >= 15 is 0 Å². The van der Waals surface area contributed by atoms with Gasteiger partial charge in [-0.1, -0.05) is 0 Å². The van der Waals surface area contributed by atoms with E-state index in [0.29, 0.717) is 0 Å². The second kappa shape index (κ2) is 6.66. The van der Waals surface area contributed by atoms with Gasteiger partial charge in [0.15, 0.2) is 0 Å². The fourth-order valence-electron chi connectivity index (χ4n) is 2.06. The summed E-state index contributed by atoms with van der Waals surface area (Å²) >= 11 is 7.06. The van der Waals surface area contributed by atoms with Gasteiger partial charge in [0.25, 0.3) is 0 Å². The molecule has 0 amide bonds. The van der Waals surface area contributed by atoms with Crippen molar-refractivity contribution < 1.29 is 0 Å². The van der Waals surface area contributed by atoms with E-state index in [1.165, 1.54) is 32.9 Å². The average Bonchev–Trinajstić information content (AvgIpc) is 3.00. The summed E-state index contributed by atoms with van der Waals surface area (Å²) in [5.74, 6) is 0. The summed E-state index contributed by atoms with van der Waals surface area (Å²) in [7, 11) is 2.15. The minimum Gasteiger partial charge on any atom is -0.308 e. The van der Waals surface area contributed by atoms with Gasteiger partial charge in [-0.2, -0.15) is 0 Å². The first-order valence-electron chi connectivity index (χ1n) is 6.77. The number of halogens is 1. The molecule has 0 unspecified atom stereocenters. The van der Waals surface area contributed by atoms with Crippen molar-refractivity contribution in [3.8, 4) is 0 Å². The van der Waals surface area contributed by atoms with Crippen molar-refractivity contribution in [2.45, 2.75) is 38.5 Å². The predicted molar refractivity (Wildman–Crippen MR) is 89.2 cm³/mol. The second-order valence-corrected chi connectivity index (χ2v) is 8.15. The van der Waals surface area contributed by atoms with Crippen molar-refractivity contribution >= 4 is 38.6 Å². The van der Waals surface area contributed by atoms with Crippen LogP contribution in [0.15, 0.2) is 21.3 Å². The van der Waals surface area contributed by atoms with Crippen LogP contribution in [0.25, 0.3) is 0 Å². The third kappa shape index (κ3) is 4.36. The van der Waals surface area contributed by atoms with Crippen LogP contribution in [-0.2, 0) is 19.6 Å². The summed E-state index contributed by atoms with van der Waals surface area (Å²) < 4.78 is 1.17. The SMILES string of the molecule is CN(Cc1csc(CNC2CC2)n1)Cc1cc(Br)cs1. The highest BCUT2D eigenvalue weighted by Gasteiger charge is 2.20. The molecule has 0 aromatic carbocycles. The highest BCUT2D eigenvalue weighted by atomic mass is 79.9. The molecule has 0 saturated heterocycles. The van der Waals surface area contributed by atoms with Crippen molar-refractivity contribution in [3.05, 3.63) is 36.9 Å². The molecule has 6 heteroatoms. The van der Waals surface area contributed by atoms with Crippen LogP contribution in [0, 0.1) is 0 Å². The van der Waals surface area contributed by atoms with Gasteiger partial charge in [-0.3, -0.25) is 4.90 Å². The molecule has 2 heterocycles. The zero-order valence-electron chi connectivity index (χ0n) is 11.4. The van der Waals surface area contributed by atoms with Crippen LogP contribution in [0.2, 0.25) is 0 Å². The van der Waals surface area contributed by atoms with E-state index in [0.717, 1.165) is 25.7 Å². The van der Waals surface area contributed by atoms with Gasteiger partial charge < -0.3 is 5.32 Å². The van der Waals surface area contributed by atoms with Gasteiger partial charge in [-0.15, -0.1) is 22.7 Å². The van der Waals surface area contributed by atoms with E-state index < -0.39 is 0 Å². The molecule has 0 aliphatic heterocycles. The predicted octanol–water partition coefficient (Wildman–Crippen LogP) is 3.85. The lowest BCUT2D eigenvalue weighted by atomic mass is 10.4. The van der Waals surface area contributed by atoms with Gasteiger partial charge in [-0.05, 0) is 41.9 Å². The quantitative estimate of drug-likeness (QED) is 0.800. The molecule has 1 aliphatic carbocycles. The molecular weight excluding hydrogens is 354 g/mol. The lowest BCUT2D eigenvalue weighted by Gasteiger charge is -2.13. The maximum Gasteiger partial charge on any atom is 0.107 e. The number of thiophene rings is 1. The maximum absolute atomic E-state index is 4.71. The van der Waals surface area contributed by atoms with Crippen LogP contribution in [0.1, 0.15) is 28.4 Å². The molecule has 1 saturated carbocycles. The zero-order chi connectivity index (χ0) is 13.9. The maximum atomic E-state index is 4.71. The molecular formula is C14H18BrN3S2. The standard InChI is InChI=1S/C14H18BrN3S2/c1-18(7-13-4-10(15)8-19-13)6-12-9-20-14(17-12)5-16-11-2-3-11/h4,8-9,11,16H,2-3,5-7H2,1H3. The minimum absolute atomic E-state index is 0.752. The third-order valence-electron chi connectivity index (χ3n) is 3.20. The Morgan fingerprint density at radius 3 is 2.90 bits per heavy atom. The number of nitrogens with one attached hydrogen (secondary N) is 1. The first-order chi connectivity index (χ1) is 9.69. The molecule has 1 aliphatic rings. The van der Waals surface area contributed by atoms with E-state index in [9.17, 15) is 0 Å². The Balaban J connectivity index is 1.48. The van der Waals surface area contributed by atoms with Crippen molar-refractivity contribution in [1.29, 1.82) is 0 Å². The fraction of sp³-hybridized carbons (Fsp3) is 0.500. The number of hydrogen-bond donors (Lipinski definition) is 1. The van der Waals surface area contributed by atoms with E-state index in [2.05, 4.69) is 50.0 Å². The lowest BCUT2D eigenvalue weighted by molar-refractivity contribution is 0.318. The summed E-state index contributed by atoms with van der Waals surface area (Å²) in [5, 5.41) is 9.04. The van der Waals surface area contributed by atoms with Gasteiger partial charge in [-0.25, -0.2) is 4.98 Å². The van der Waals surface area contributed by atoms with Crippen molar-refractivity contribution in [2.75, 3.05) is 7.05 Å². The van der Waals surface area contributed by atoms with Crippen LogP contribution in [-0.4, -0.2) is 23.0 Å². The molecule has 20 heavy (non-hydrogen) atoms. The number of hydrogen-bond acceptors (Lipinski definition) is 5. The molecule has 0 atom stereocenters. The Labute approximate surface area is 136 Å².